The van der Waals surface area contributed by atoms with Crippen LogP contribution in [0.4, 0.5) is 0 Å². The molecule has 0 unspecified atom stereocenters. The van der Waals surface area contributed by atoms with Crippen molar-refractivity contribution in [2.24, 2.45) is 5.41 Å². The number of ether oxygens (including phenoxy) is 4. The first-order valence-corrected chi connectivity index (χ1v) is 11.3. The SMILES string of the molecule is CC(=O)NCCCO[C@@H]1[C@@H](O)[C@]2(C)[C@@H](CO)O[C@@H]1CCCO[C@H]1[C@H](O)[C@@H](O)[C@@H]2O[C@@H]1CO. The molecule has 0 aromatic rings. The quantitative estimate of drug-likeness (QED) is 0.226. The highest BCUT2D eigenvalue weighted by molar-refractivity contribution is 5.72. The van der Waals surface area contributed by atoms with Crippen molar-refractivity contribution in [3.8, 4) is 0 Å². The van der Waals surface area contributed by atoms with Gasteiger partial charge in [-0.2, -0.15) is 0 Å². The van der Waals surface area contributed by atoms with E-state index in [4.69, 9.17) is 18.9 Å². The first kappa shape index (κ1) is 25.7. The second-order valence-corrected chi connectivity index (χ2v) is 9.07. The summed E-state index contributed by atoms with van der Waals surface area (Å²) >= 11 is 0. The van der Waals surface area contributed by atoms with E-state index in [0.717, 1.165) is 0 Å². The van der Waals surface area contributed by atoms with E-state index < -0.39 is 73.6 Å². The van der Waals surface area contributed by atoms with Crippen molar-refractivity contribution in [3.05, 3.63) is 0 Å². The molecular weight excluding hydrogens is 426 g/mol. The minimum atomic E-state index is -1.45. The van der Waals surface area contributed by atoms with Crippen LogP contribution in [-0.4, -0.2) is 119 Å². The third kappa shape index (κ3) is 4.96. The minimum Gasteiger partial charge on any atom is -0.394 e. The van der Waals surface area contributed by atoms with Crippen LogP contribution in [0.3, 0.4) is 0 Å². The van der Waals surface area contributed by atoms with E-state index in [2.05, 4.69) is 5.32 Å². The normalized spacial score (nSPS) is 44.7. The van der Waals surface area contributed by atoms with Gasteiger partial charge in [0, 0.05) is 26.7 Å². The summed E-state index contributed by atoms with van der Waals surface area (Å²) in [7, 11) is 0. The highest BCUT2D eigenvalue weighted by Gasteiger charge is 2.62. The van der Waals surface area contributed by atoms with E-state index in [1.165, 1.54) is 6.92 Å². The van der Waals surface area contributed by atoms with Gasteiger partial charge in [-0.25, -0.2) is 0 Å². The summed E-state index contributed by atoms with van der Waals surface area (Å²) in [5, 5.41) is 55.7. The molecule has 6 heterocycles. The predicted octanol–water partition coefficient (Wildman–Crippen LogP) is -2.31. The molecule has 0 aromatic heterocycles. The van der Waals surface area contributed by atoms with E-state index in [9.17, 15) is 30.3 Å². The van der Waals surface area contributed by atoms with Crippen molar-refractivity contribution in [1.82, 2.24) is 5.32 Å². The zero-order valence-electron chi connectivity index (χ0n) is 18.6. The summed E-state index contributed by atoms with van der Waals surface area (Å²) in [6, 6.07) is 0. The van der Waals surface area contributed by atoms with Crippen LogP contribution < -0.4 is 5.32 Å². The van der Waals surface area contributed by atoms with Crippen LogP contribution in [0.1, 0.15) is 33.1 Å². The average molecular weight is 464 g/mol. The fourth-order valence-electron chi connectivity index (χ4n) is 5.07. The largest absolute Gasteiger partial charge is 0.394 e. The molecule has 1 amide bonds. The maximum Gasteiger partial charge on any atom is 0.216 e. The van der Waals surface area contributed by atoms with Gasteiger partial charge in [0.15, 0.2) is 0 Å². The number of carbonyl (C=O) groups is 1. The Labute approximate surface area is 187 Å². The van der Waals surface area contributed by atoms with Crippen LogP contribution in [0.15, 0.2) is 0 Å². The third-order valence-electron chi connectivity index (χ3n) is 6.94. The monoisotopic (exact) mass is 463 g/mol. The van der Waals surface area contributed by atoms with Gasteiger partial charge >= 0.3 is 0 Å². The lowest BCUT2D eigenvalue weighted by Gasteiger charge is -2.57. The smallest absolute Gasteiger partial charge is 0.216 e. The highest BCUT2D eigenvalue weighted by Crippen LogP contribution is 2.47. The summed E-state index contributed by atoms with van der Waals surface area (Å²) in [6.45, 7) is 3.03. The lowest BCUT2D eigenvalue weighted by Crippen LogP contribution is -2.72. The van der Waals surface area contributed by atoms with E-state index in [-0.39, 0.29) is 19.1 Å². The van der Waals surface area contributed by atoms with Gasteiger partial charge in [-0.3, -0.25) is 4.79 Å². The van der Waals surface area contributed by atoms with Crippen LogP contribution in [0.5, 0.6) is 0 Å². The molecule has 6 rings (SSSR count). The molecule has 0 saturated carbocycles. The lowest BCUT2D eigenvalue weighted by atomic mass is 9.65. The number of amides is 1. The van der Waals surface area contributed by atoms with Crippen molar-refractivity contribution < 1.29 is 49.3 Å². The molecule has 32 heavy (non-hydrogen) atoms. The van der Waals surface area contributed by atoms with E-state index >= 15 is 0 Å². The number of carbonyl (C=O) groups excluding carboxylic acids is 1. The third-order valence-corrected chi connectivity index (χ3v) is 6.94. The summed E-state index contributed by atoms with van der Waals surface area (Å²) in [4.78, 5) is 11.0. The number of rotatable bonds is 7. The molecule has 11 nitrogen and oxygen atoms in total. The van der Waals surface area contributed by atoms with Gasteiger partial charge in [-0.05, 0) is 19.3 Å². The highest BCUT2D eigenvalue weighted by atomic mass is 16.6. The Balaban J connectivity index is 1.88. The topological polar surface area (TPSA) is 167 Å². The number of hydrogen-bond acceptors (Lipinski definition) is 10. The predicted molar refractivity (Wildman–Crippen MR) is 110 cm³/mol. The van der Waals surface area contributed by atoms with Crippen LogP contribution in [-0.2, 0) is 23.7 Å². The second kappa shape index (κ2) is 11.0. The molecule has 6 aliphatic heterocycles. The molecule has 6 fully saturated rings. The van der Waals surface area contributed by atoms with Crippen LogP contribution >= 0.6 is 0 Å². The molecule has 186 valence electrons. The molecule has 0 radical (unpaired) electrons. The van der Waals surface area contributed by atoms with Crippen molar-refractivity contribution in [2.75, 3.05) is 33.0 Å². The molecule has 6 aliphatic rings. The molecule has 0 aromatic carbocycles. The Morgan fingerprint density at radius 3 is 2.56 bits per heavy atom. The van der Waals surface area contributed by atoms with Crippen LogP contribution in [0, 0.1) is 5.41 Å². The van der Waals surface area contributed by atoms with Crippen molar-refractivity contribution in [1.29, 1.82) is 0 Å². The Kier molecular flexibility index (Phi) is 8.86. The summed E-state index contributed by atoms with van der Waals surface area (Å²) in [6.07, 6.45) is -7.74. The Morgan fingerprint density at radius 1 is 1.16 bits per heavy atom. The fraction of sp³-hybridized carbons (Fsp3) is 0.952. The molecule has 10 atom stereocenters. The van der Waals surface area contributed by atoms with Gasteiger partial charge < -0.3 is 49.8 Å². The van der Waals surface area contributed by atoms with Gasteiger partial charge in [0.25, 0.3) is 0 Å². The van der Waals surface area contributed by atoms with E-state index in [1.54, 1.807) is 6.92 Å². The summed E-state index contributed by atoms with van der Waals surface area (Å²) in [5.41, 5.74) is -1.36. The Hall–Kier alpha value is -0.890. The first-order chi connectivity index (χ1) is 15.2. The number of aliphatic hydroxyl groups excluding tert-OH is 5. The van der Waals surface area contributed by atoms with E-state index in [1.807, 2.05) is 0 Å². The molecule has 6 N–H and O–H groups in total. The molecule has 6 saturated heterocycles. The summed E-state index contributed by atoms with van der Waals surface area (Å²) in [5.74, 6) is -0.143. The standard InChI is InChI=1S/C21H37NO10/c1-11(25)22-6-4-8-30-18-12-5-3-7-29-17-13(9-23)32-20(16(27)15(17)26)21(2,19(18)28)14(10-24)31-12/h12-20,23-24,26-28H,3-10H2,1-2H3,(H,22,25)/t12-,13-,14-,15-,16-,17-,18+,19-,20+,21+/m1/s1. The zero-order valence-corrected chi connectivity index (χ0v) is 18.6. The molecule has 4 bridgehead atoms. The Morgan fingerprint density at radius 2 is 1.91 bits per heavy atom. The second-order valence-electron chi connectivity index (χ2n) is 9.07. The average Bonchev–Trinajstić information content (AvgIpc) is 2.76. The maximum atomic E-state index is 11.5. The first-order valence-electron chi connectivity index (χ1n) is 11.3. The lowest BCUT2D eigenvalue weighted by molar-refractivity contribution is -0.331. The zero-order chi connectivity index (χ0) is 23.5. The number of hydrogen-bond donors (Lipinski definition) is 6. The van der Waals surface area contributed by atoms with Gasteiger partial charge in [0.2, 0.25) is 5.91 Å². The fourth-order valence-corrected chi connectivity index (χ4v) is 5.07. The molecule has 0 spiro atoms. The van der Waals surface area contributed by atoms with Crippen molar-refractivity contribution >= 4 is 5.91 Å². The van der Waals surface area contributed by atoms with Gasteiger partial charge in [-0.15, -0.1) is 0 Å². The minimum absolute atomic E-state index is 0.143. The van der Waals surface area contributed by atoms with Crippen molar-refractivity contribution in [3.63, 3.8) is 0 Å². The molecular formula is C21H37NO10. The van der Waals surface area contributed by atoms with Crippen molar-refractivity contribution in [2.45, 2.75) is 88.0 Å². The molecule has 11 heteroatoms. The van der Waals surface area contributed by atoms with Crippen LogP contribution in [0.25, 0.3) is 0 Å². The van der Waals surface area contributed by atoms with Gasteiger partial charge in [0.1, 0.15) is 30.5 Å². The summed E-state index contributed by atoms with van der Waals surface area (Å²) < 4.78 is 23.9. The van der Waals surface area contributed by atoms with Gasteiger partial charge in [0.05, 0.1) is 43.0 Å². The molecule has 0 aliphatic carbocycles. The Bertz CT molecular complexity index is 621. The van der Waals surface area contributed by atoms with Crippen LogP contribution in [0.2, 0.25) is 0 Å². The van der Waals surface area contributed by atoms with E-state index in [0.29, 0.717) is 25.8 Å². The number of aliphatic hydroxyl groups is 5. The van der Waals surface area contributed by atoms with Gasteiger partial charge in [-0.1, -0.05) is 6.92 Å². The number of nitrogens with one attached hydrogen (secondary N) is 1. The maximum absolute atomic E-state index is 11.5.